The molecule has 1 N–H and O–H groups in total. The lowest BCUT2D eigenvalue weighted by Gasteiger charge is -2.28. The minimum absolute atomic E-state index is 0.0635. The van der Waals surface area contributed by atoms with Gasteiger partial charge in [-0.25, -0.2) is 4.79 Å². The van der Waals surface area contributed by atoms with Gasteiger partial charge in [-0.1, -0.05) is 44.9 Å². The van der Waals surface area contributed by atoms with Crippen LogP contribution in [0.1, 0.15) is 56.7 Å². The van der Waals surface area contributed by atoms with Gasteiger partial charge < -0.3 is 5.11 Å². The van der Waals surface area contributed by atoms with E-state index in [1.54, 1.807) is 19.9 Å². The van der Waals surface area contributed by atoms with Crippen LogP contribution in [0.15, 0.2) is 39.9 Å². The summed E-state index contributed by atoms with van der Waals surface area (Å²) >= 11 is 0. The van der Waals surface area contributed by atoms with E-state index in [-0.39, 0.29) is 12.6 Å². The molecule has 8 heteroatoms. The first-order valence-electron chi connectivity index (χ1n) is 9.24. The SMILES string of the molecule is CC(C)(Cn1c(O)cc(=O)n(C2CCCC2)c1=O)c1cccc(C(F)(F)F)c1. The molecular weight excluding hydrogens is 373 g/mol. The molecule has 0 aliphatic heterocycles. The molecule has 1 fully saturated rings. The van der Waals surface area contributed by atoms with Crippen molar-refractivity contribution in [3.63, 3.8) is 0 Å². The third kappa shape index (κ3) is 3.86. The molecule has 0 radical (unpaired) electrons. The fourth-order valence-corrected chi connectivity index (χ4v) is 3.83. The Labute approximate surface area is 160 Å². The molecule has 0 spiro atoms. The Balaban J connectivity index is 2.02. The van der Waals surface area contributed by atoms with Crippen LogP contribution in [0.4, 0.5) is 13.2 Å². The molecule has 0 atom stereocenters. The number of benzene rings is 1. The van der Waals surface area contributed by atoms with E-state index in [4.69, 9.17) is 0 Å². The summed E-state index contributed by atoms with van der Waals surface area (Å²) in [5, 5.41) is 10.2. The standard InChI is InChI=1S/C20H23F3N2O3/c1-19(2,13-6-5-7-14(10-13)20(21,22)23)12-24-16(26)11-17(27)25(18(24)28)15-8-3-4-9-15/h5-7,10-11,15,26H,3-4,8-9,12H2,1-2H3. The van der Waals surface area contributed by atoms with Crippen LogP contribution in [-0.4, -0.2) is 14.2 Å². The second-order valence-corrected chi connectivity index (χ2v) is 7.98. The number of aromatic nitrogens is 2. The Hall–Kier alpha value is -2.51. The van der Waals surface area contributed by atoms with Gasteiger partial charge >= 0.3 is 11.9 Å². The van der Waals surface area contributed by atoms with Crippen molar-refractivity contribution in [1.82, 2.24) is 9.13 Å². The zero-order valence-electron chi connectivity index (χ0n) is 15.8. The maximum absolute atomic E-state index is 13.0. The van der Waals surface area contributed by atoms with E-state index in [1.807, 2.05) is 0 Å². The van der Waals surface area contributed by atoms with Crippen molar-refractivity contribution >= 4 is 0 Å². The van der Waals surface area contributed by atoms with Crippen molar-refractivity contribution in [2.45, 2.75) is 63.7 Å². The van der Waals surface area contributed by atoms with Crippen molar-refractivity contribution in [1.29, 1.82) is 0 Å². The van der Waals surface area contributed by atoms with Gasteiger partial charge in [-0.15, -0.1) is 0 Å². The molecule has 1 heterocycles. The van der Waals surface area contributed by atoms with Crippen molar-refractivity contribution in [3.05, 3.63) is 62.3 Å². The molecule has 1 aliphatic carbocycles. The predicted molar refractivity (Wildman–Crippen MR) is 98.6 cm³/mol. The molecule has 5 nitrogen and oxygen atoms in total. The minimum atomic E-state index is -4.47. The third-order valence-electron chi connectivity index (χ3n) is 5.42. The molecule has 1 saturated carbocycles. The number of alkyl halides is 3. The van der Waals surface area contributed by atoms with Gasteiger partial charge in [0.05, 0.1) is 11.6 Å². The summed E-state index contributed by atoms with van der Waals surface area (Å²) in [6.45, 7) is 3.32. The zero-order chi connectivity index (χ0) is 20.7. The molecule has 0 unspecified atom stereocenters. The molecule has 3 rings (SSSR count). The van der Waals surface area contributed by atoms with Gasteiger partial charge in [0, 0.05) is 18.0 Å². The van der Waals surface area contributed by atoms with Crippen LogP contribution in [-0.2, 0) is 18.1 Å². The van der Waals surface area contributed by atoms with Gasteiger partial charge in [0.25, 0.3) is 5.56 Å². The minimum Gasteiger partial charge on any atom is -0.494 e. The second kappa shape index (κ2) is 7.14. The molecule has 1 aromatic carbocycles. The molecule has 1 aliphatic rings. The van der Waals surface area contributed by atoms with Gasteiger partial charge in [0.2, 0.25) is 5.88 Å². The normalized spacial score (nSPS) is 15.9. The van der Waals surface area contributed by atoms with Crippen LogP contribution >= 0.6 is 0 Å². The van der Waals surface area contributed by atoms with Gasteiger partial charge in [-0.2, -0.15) is 13.2 Å². The Morgan fingerprint density at radius 2 is 1.68 bits per heavy atom. The number of aromatic hydroxyl groups is 1. The van der Waals surface area contributed by atoms with Crippen LogP contribution in [0.3, 0.4) is 0 Å². The highest BCUT2D eigenvalue weighted by Gasteiger charge is 2.33. The summed E-state index contributed by atoms with van der Waals surface area (Å²) in [5.74, 6) is -0.482. The van der Waals surface area contributed by atoms with Gasteiger partial charge in [0.15, 0.2) is 0 Å². The van der Waals surface area contributed by atoms with Crippen molar-refractivity contribution in [2.24, 2.45) is 0 Å². The molecule has 1 aromatic heterocycles. The van der Waals surface area contributed by atoms with E-state index in [1.165, 1.54) is 6.07 Å². The third-order valence-corrected chi connectivity index (χ3v) is 5.42. The summed E-state index contributed by atoms with van der Waals surface area (Å²) < 4.78 is 41.4. The predicted octanol–water partition coefficient (Wildman–Crippen LogP) is 3.83. The lowest BCUT2D eigenvalue weighted by atomic mass is 9.83. The van der Waals surface area contributed by atoms with Crippen LogP contribution in [0, 0.1) is 0 Å². The first-order chi connectivity index (χ1) is 13.0. The molecule has 28 heavy (non-hydrogen) atoms. The topological polar surface area (TPSA) is 64.2 Å². The average Bonchev–Trinajstić information content (AvgIpc) is 3.12. The monoisotopic (exact) mass is 396 g/mol. The highest BCUT2D eigenvalue weighted by atomic mass is 19.4. The van der Waals surface area contributed by atoms with Gasteiger partial charge in [0.1, 0.15) is 0 Å². The first kappa shape index (κ1) is 20.2. The quantitative estimate of drug-likeness (QED) is 0.854. The summed E-state index contributed by atoms with van der Waals surface area (Å²) in [5.41, 5.74) is -2.46. The lowest BCUT2D eigenvalue weighted by molar-refractivity contribution is -0.137. The maximum atomic E-state index is 13.0. The largest absolute Gasteiger partial charge is 0.494 e. The smallest absolute Gasteiger partial charge is 0.416 e. The van der Waals surface area contributed by atoms with E-state index in [2.05, 4.69) is 0 Å². The van der Waals surface area contributed by atoms with E-state index in [0.29, 0.717) is 5.56 Å². The molecule has 0 bridgehead atoms. The van der Waals surface area contributed by atoms with Crippen molar-refractivity contribution < 1.29 is 18.3 Å². The molecular formula is C20H23F3N2O3. The van der Waals surface area contributed by atoms with E-state index >= 15 is 0 Å². The molecule has 0 amide bonds. The zero-order valence-corrected chi connectivity index (χ0v) is 15.8. The van der Waals surface area contributed by atoms with Crippen LogP contribution in [0.5, 0.6) is 5.88 Å². The van der Waals surface area contributed by atoms with E-state index in [0.717, 1.165) is 53.0 Å². The van der Waals surface area contributed by atoms with E-state index < -0.39 is 34.3 Å². The molecule has 152 valence electrons. The van der Waals surface area contributed by atoms with Gasteiger partial charge in [-0.3, -0.25) is 13.9 Å². The number of hydrogen-bond donors (Lipinski definition) is 1. The Morgan fingerprint density at radius 1 is 1.07 bits per heavy atom. The number of hydrogen-bond acceptors (Lipinski definition) is 3. The highest BCUT2D eigenvalue weighted by molar-refractivity contribution is 5.31. The molecule has 0 saturated heterocycles. The van der Waals surface area contributed by atoms with Gasteiger partial charge in [-0.05, 0) is 24.5 Å². The van der Waals surface area contributed by atoms with Crippen molar-refractivity contribution in [3.8, 4) is 5.88 Å². The number of halogens is 3. The Bertz CT molecular complexity index is 983. The highest BCUT2D eigenvalue weighted by Crippen LogP contribution is 2.34. The number of rotatable bonds is 4. The van der Waals surface area contributed by atoms with Crippen molar-refractivity contribution in [2.75, 3.05) is 0 Å². The fraction of sp³-hybridized carbons (Fsp3) is 0.500. The summed E-state index contributed by atoms with van der Waals surface area (Å²) in [7, 11) is 0. The lowest BCUT2D eigenvalue weighted by Crippen LogP contribution is -2.43. The fourth-order valence-electron chi connectivity index (χ4n) is 3.83. The van der Waals surface area contributed by atoms with Crippen LogP contribution in [0.25, 0.3) is 0 Å². The van der Waals surface area contributed by atoms with E-state index in [9.17, 15) is 27.9 Å². The Morgan fingerprint density at radius 3 is 2.29 bits per heavy atom. The summed E-state index contributed by atoms with van der Waals surface area (Å²) in [6.07, 6.45) is -1.19. The Kier molecular flexibility index (Phi) is 5.16. The number of nitrogens with zero attached hydrogens (tertiary/aromatic N) is 2. The second-order valence-electron chi connectivity index (χ2n) is 7.98. The molecule has 2 aromatic rings. The first-order valence-corrected chi connectivity index (χ1v) is 9.24. The summed E-state index contributed by atoms with van der Waals surface area (Å²) in [6, 6.07) is 5.72. The average molecular weight is 396 g/mol. The van der Waals surface area contributed by atoms with Crippen LogP contribution in [0.2, 0.25) is 0 Å². The maximum Gasteiger partial charge on any atom is 0.416 e. The summed E-state index contributed by atoms with van der Waals surface area (Å²) in [4.78, 5) is 25.2. The van der Waals surface area contributed by atoms with Crippen LogP contribution < -0.4 is 11.2 Å².